The summed E-state index contributed by atoms with van der Waals surface area (Å²) in [5.41, 5.74) is 0. The van der Waals surface area contributed by atoms with Crippen LogP contribution < -0.4 is 5.32 Å². The van der Waals surface area contributed by atoms with Crippen molar-refractivity contribution in [1.29, 1.82) is 5.26 Å². The van der Waals surface area contributed by atoms with E-state index in [1.165, 1.54) is 6.42 Å². The second kappa shape index (κ2) is 1.24. The van der Waals surface area contributed by atoms with Crippen LogP contribution in [-0.4, -0.2) is 12.6 Å². The van der Waals surface area contributed by atoms with E-state index in [0.29, 0.717) is 0 Å². The predicted molar refractivity (Wildman–Crippen MR) is 29.0 cm³/mol. The normalized spacial score (nSPS) is 50.1. The summed E-state index contributed by atoms with van der Waals surface area (Å²) in [6.07, 6.45) is 1.30. The fraction of sp³-hybridized carbons (Fsp3) is 0.833. The van der Waals surface area contributed by atoms with Crippen LogP contribution in [0.4, 0.5) is 0 Å². The molecule has 1 saturated heterocycles. The highest BCUT2D eigenvalue weighted by molar-refractivity contribution is 5.11. The summed E-state index contributed by atoms with van der Waals surface area (Å²) in [5.74, 6) is 1.58. The van der Waals surface area contributed by atoms with Gasteiger partial charge in [0.25, 0.3) is 0 Å². The first-order valence-corrected chi connectivity index (χ1v) is 3.05. The molecule has 2 rings (SSSR count). The maximum Gasteiger partial charge on any atom is 0.0984 e. The lowest BCUT2D eigenvalue weighted by atomic mass is 10.2. The zero-order valence-corrected chi connectivity index (χ0v) is 4.59. The Balaban J connectivity index is 2.09. The number of fused-ring (bicyclic) bond motifs is 1. The van der Waals surface area contributed by atoms with Crippen LogP contribution in [-0.2, 0) is 0 Å². The van der Waals surface area contributed by atoms with Crippen molar-refractivity contribution in [2.24, 2.45) is 11.8 Å². The number of nitriles is 1. The summed E-state index contributed by atoms with van der Waals surface area (Å²) in [6, 6.07) is 2.44. The Bertz CT molecular complexity index is 147. The molecule has 1 heterocycles. The van der Waals surface area contributed by atoms with Crippen LogP contribution in [0.5, 0.6) is 0 Å². The molecule has 2 heteroatoms. The molecule has 0 aromatic heterocycles. The molecule has 1 saturated carbocycles. The molecule has 1 unspecified atom stereocenters. The minimum absolute atomic E-state index is 0.194. The van der Waals surface area contributed by atoms with Gasteiger partial charge in [-0.1, -0.05) is 0 Å². The molecular weight excluding hydrogens is 100 g/mol. The lowest BCUT2D eigenvalue weighted by Crippen LogP contribution is -2.23. The highest BCUT2D eigenvalue weighted by Gasteiger charge is 2.48. The molecule has 2 aliphatic rings. The van der Waals surface area contributed by atoms with Crippen molar-refractivity contribution < 1.29 is 0 Å². The quantitative estimate of drug-likeness (QED) is 0.478. The van der Waals surface area contributed by atoms with Crippen LogP contribution in [0.2, 0.25) is 0 Å². The van der Waals surface area contributed by atoms with Crippen molar-refractivity contribution in [3.05, 3.63) is 0 Å². The fourth-order valence-corrected chi connectivity index (χ4v) is 1.49. The Labute approximate surface area is 48.5 Å². The highest BCUT2D eigenvalue weighted by atomic mass is 15.0. The van der Waals surface area contributed by atoms with Crippen molar-refractivity contribution in [2.75, 3.05) is 6.54 Å². The third-order valence-corrected chi connectivity index (χ3v) is 2.14. The van der Waals surface area contributed by atoms with Gasteiger partial charge in [0.2, 0.25) is 0 Å². The van der Waals surface area contributed by atoms with Gasteiger partial charge in [-0.25, -0.2) is 0 Å². The summed E-state index contributed by atoms with van der Waals surface area (Å²) >= 11 is 0. The number of hydrogen-bond donors (Lipinski definition) is 1. The molecule has 1 aliphatic heterocycles. The minimum atomic E-state index is 0.194. The summed E-state index contributed by atoms with van der Waals surface area (Å²) in [7, 11) is 0. The van der Waals surface area contributed by atoms with Crippen molar-refractivity contribution in [3.8, 4) is 6.07 Å². The summed E-state index contributed by atoms with van der Waals surface area (Å²) < 4.78 is 0. The maximum absolute atomic E-state index is 8.45. The van der Waals surface area contributed by atoms with Gasteiger partial charge in [-0.05, 0) is 24.8 Å². The number of piperidine rings is 1. The molecule has 0 radical (unpaired) electrons. The first-order chi connectivity index (χ1) is 3.92. The first-order valence-electron chi connectivity index (χ1n) is 3.05. The van der Waals surface area contributed by atoms with Crippen LogP contribution in [0.25, 0.3) is 0 Å². The first kappa shape index (κ1) is 4.34. The Morgan fingerprint density at radius 3 is 2.75 bits per heavy atom. The van der Waals surface area contributed by atoms with Crippen LogP contribution >= 0.6 is 0 Å². The zero-order chi connectivity index (χ0) is 5.56. The highest BCUT2D eigenvalue weighted by Crippen LogP contribution is 2.44. The maximum atomic E-state index is 8.45. The van der Waals surface area contributed by atoms with Crippen molar-refractivity contribution in [1.82, 2.24) is 5.32 Å². The smallest absolute Gasteiger partial charge is 0.0984 e. The van der Waals surface area contributed by atoms with E-state index < -0.39 is 0 Å². The van der Waals surface area contributed by atoms with Crippen LogP contribution in [0.1, 0.15) is 6.42 Å². The number of nitrogens with one attached hydrogen (secondary N) is 1. The number of hydrogen-bond acceptors (Lipinski definition) is 2. The van der Waals surface area contributed by atoms with E-state index in [1.54, 1.807) is 0 Å². The van der Waals surface area contributed by atoms with E-state index in [9.17, 15) is 0 Å². The van der Waals surface area contributed by atoms with E-state index in [4.69, 9.17) is 5.26 Å². The molecule has 0 spiro atoms. The van der Waals surface area contributed by atoms with Gasteiger partial charge in [-0.2, -0.15) is 5.26 Å². The summed E-state index contributed by atoms with van der Waals surface area (Å²) in [6.45, 7) is 1.09. The average molecular weight is 108 g/mol. The Morgan fingerprint density at radius 1 is 1.62 bits per heavy atom. The largest absolute Gasteiger partial charge is 0.301 e. The summed E-state index contributed by atoms with van der Waals surface area (Å²) in [5, 5.41) is 11.6. The zero-order valence-electron chi connectivity index (χ0n) is 4.59. The van der Waals surface area contributed by atoms with Gasteiger partial charge in [-0.3, -0.25) is 0 Å². The SMILES string of the molecule is N#C[C@H]1NCC2C[C@@H]21. The van der Waals surface area contributed by atoms with E-state index in [0.717, 1.165) is 18.4 Å². The monoisotopic (exact) mass is 108 g/mol. The minimum Gasteiger partial charge on any atom is -0.301 e. The van der Waals surface area contributed by atoms with E-state index in [2.05, 4.69) is 11.4 Å². The fourth-order valence-electron chi connectivity index (χ4n) is 1.49. The molecule has 8 heavy (non-hydrogen) atoms. The van der Waals surface area contributed by atoms with Crippen LogP contribution in [0.3, 0.4) is 0 Å². The Morgan fingerprint density at radius 2 is 2.50 bits per heavy atom. The van der Waals surface area contributed by atoms with Crippen molar-refractivity contribution >= 4 is 0 Å². The van der Waals surface area contributed by atoms with Gasteiger partial charge in [-0.15, -0.1) is 0 Å². The van der Waals surface area contributed by atoms with Crippen LogP contribution in [0.15, 0.2) is 0 Å². The predicted octanol–water partition coefficient (Wildman–Crippen LogP) is 0.118. The second-order valence-electron chi connectivity index (χ2n) is 2.67. The van der Waals surface area contributed by atoms with Gasteiger partial charge in [0.15, 0.2) is 0 Å². The third-order valence-electron chi connectivity index (χ3n) is 2.14. The van der Waals surface area contributed by atoms with Gasteiger partial charge in [0.1, 0.15) is 0 Å². The standard InChI is InChI=1S/C6H8N2/c7-2-6-5-1-4(5)3-8-6/h4-6,8H,1,3H2/t4?,5-,6+/m0/s1. The number of nitrogens with zero attached hydrogens (tertiary/aromatic N) is 1. The van der Waals surface area contributed by atoms with E-state index in [-0.39, 0.29) is 6.04 Å². The van der Waals surface area contributed by atoms with E-state index in [1.807, 2.05) is 0 Å². The molecule has 3 atom stereocenters. The number of rotatable bonds is 0. The van der Waals surface area contributed by atoms with Gasteiger partial charge >= 0.3 is 0 Å². The van der Waals surface area contributed by atoms with Gasteiger partial charge in [0, 0.05) is 0 Å². The topological polar surface area (TPSA) is 35.8 Å². The molecular formula is C6H8N2. The molecule has 2 nitrogen and oxygen atoms in total. The van der Waals surface area contributed by atoms with Crippen molar-refractivity contribution in [2.45, 2.75) is 12.5 Å². The lowest BCUT2D eigenvalue weighted by Gasteiger charge is -1.98. The second-order valence-corrected chi connectivity index (χ2v) is 2.67. The van der Waals surface area contributed by atoms with Crippen LogP contribution in [0, 0.1) is 23.2 Å². The molecule has 42 valence electrons. The van der Waals surface area contributed by atoms with E-state index >= 15 is 0 Å². The van der Waals surface area contributed by atoms with Gasteiger partial charge < -0.3 is 5.32 Å². The third kappa shape index (κ3) is 0.399. The molecule has 0 aromatic carbocycles. The molecule has 1 aliphatic carbocycles. The molecule has 1 N–H and O–H groups in total. The molecule has 2 fully saturated rings. The Kier molecular flexibility index (Phi) is 0.671. The molecule has 0 aromatic rings. The summed E-state index contributed by atoms with van der Waals surface area (Å²) in [4.78, 5) is 0. The molecule has 0 bridgehead atoms. The van der Waals surface area contributed by atoms with Crippen molar-refractivity contribution in [3.63, 3.8) is 0 Å². The average Bonchev–Trinajstić information content (AvgIpc) is 2.46. The molecule has 0 amide bonds. The Hall–Kier alpha value is -0.550. The van der Waals surface area contributed by atoms with Gasteiger partial charge in [0.05, 0.1) is 12.1 Å². The lowest BCUT2D eigenvalue weighted by molar-refractivity contribution is 0.640.